The molecule has 1 aromatic carbocycles. The van der Waals surface area contributed by atoms with E-state index in [0.717, 1.165) is 24.2 Å². The molecule has 26 heavy (non-hydrogen) atoms. The summed E-state index contributed by atoms with van der Waals surface area (Å²) in [7, 11) is 1.55. The first-order chi connectivity index (χ1) is 12.5. The number of ether oxygens (including phenoxy) is 1. The summed E-state index contributed by atoms with van der Waals surface area (Å²) in [6, 6.07) is 9.98. The van der Waals surface area contributed by atoms with Crippen molar-refractivity contribution in [2.75, 3.05) is 37.4 Å². The number of benzene rings is 1. The van der Waals surface area contributed by atoms with E-state index < -0.39 is 0 Å². The molecule has 1 heterocycles. The quantitative estimate of drug-likeness (QED) is 0.718. The molecule has 2 rings (SSSR count). The lowest BCUT2D eigenvalue weighted by molar-refractivity contribution is 0.301. The van der Waals surface area contributed by atoms with Crippen molar-refractivity contribution < 1.29 is 9.84 Å². The van der Waals surface area contributed by atoms with Gasteiger partial charge in [-0.05, 0) is 36.1 Å². The van der Waals surface area contributed by atoms with Gasteiger partial charge in [0, 0.05) is 24.8 Å². The molecule has 0 bridgehead atoms. The molecule has 6 nitrogen and oxygen atoms in total. The summed E-state index contributed by atoms with van der Waals surface area (Å²) in [5, 5.41) is 9.31. The van der Waals surface area contributed by atoms with Gasteiger partial charge in [-0.25, -0.2) is 4.98 Å². The number of aromatic nitrogens is 2. The monoisotopic (exact) mass is 356 g/mol. The highest BCUT2D eigenvalue weighted by Gasteiger charge is 2.07. The minimum atomic E-state index is 0.150. The van der Waals surface area contributed by atoms with Crippen LogP contribution in [0, 0.1) is 5.92 Å². The van der Waals surface area contributed by atoms with Crippen LogP contribution in [0.1, 0.15) is 31.5 Å². The average Bonchev–Trinajstić information content (AvgIpc) is 2.63. The van der Waals surface area contributed by atoms with Crippen LogP contribution in [0.3, 0.4) is 0 Å². The molecule has 3 N–H and O–H groups in total. The van der Waals surface area contributed by atoms with E-state index in [4.69, 9.17) is 10.5 Å². The summed E-state index contributed by atoms with van der Waals surface area (Å²) in [6.07, 6.45) is 4.94. The molecule has 6 heteroatoms. The Morgan fingerprint density at radius 3 is 2.50 bits per heavy atom. The van der Waals surface area contributed by atoms with Gasteiger partial charge < -0.3 is 20.5 Å². The van der Waals surface area contributed by atoms with Crippen LogP contribution in [0.25, 0.3) is 12.2 Å². The second-order valence-corrected chi connectivity index (χ2v) is 6.51. The van der Waals surface area contributed by atoms with E-state index in [9.17, 15) is 5.11 Å². The Labute approximate surface area is 155 Å². The Morgan fingerprint density at radius 2 is 1.88 bits per heavy atom. The van der Waals surface area contributed by atoms with Gasteiger partial charge in [-0.2, -0.15) is 4.98 Å². The van der Waals surface area contributed by atoms with Crippen molar-refractivity contribution in [3.8, 4) is 5.88 Å². The Bertz CT molecular complexity index is 714. The molecule has 0 fully saturated rings. The standard InChI is InChI=1S/C20H28N4O2/c1-15(2)10-11-24(12-13-25)18-8-5-16(6-9-18)4-7-17-14-19(26-3)23-20(21)22-17/h4-9,14-15,25H,10-13H2,1-3H3,(H2,21,22,23)/b7-4+. The third kappa shape index (κ3) is 6.04. The third-order valence-electron chi connectivity index (χ3n) is 4.00. The molecular formula is C20H28N4O2. The first-order valence-corrected chi connectivity index (χ1v) is 8.84. The molecule has 0 aliphatic heterocycles. The topological polar surface area (TPSA) is 84.5 Å². The highest BCUT2D eigenvalue weighted by Crippen LogP contribution is 2.18. The zero-order valence-electron chi connectivity index (χ0n) is 15.7. The molecule has 0 atom stereocenters. The summed E-state index contributed by atoms with van der Waals surface area (Å²) < 4.78 is 5.10. The highest BCUT2D eigenvalue weighted by molar-refractivity contribution is 5.69. The zero-order valence-corrected chi connectivity index (χ0v) is 15.7. The van der Waals surface area contributed by atoms with Gasteiger partial charge >= 0.3 is 0 Å². The molecule has 140 valence electrons. The van der Waals surface area contributed by atoms with Crippen molar-refractivity contribution in [1.82, 2.24) is 9.97 Å². The van der Waals surface area contributed by atoms with Gasteiger partial charge in [0.15, 0.2) is 0 Å². The minimum absolute atomic E-state index is 0.150. The second-order valence-electron chi connectivity index (χ2n) is 6.51. The SMILES string of the molecule is COc1cc(/C=C/c2ccc(N(CCO)CCC(C)C)cc2)nc(N)n1. The average molecular weight is 356 g/mol. The van der Waals surface area contributed by atoms with Crippen molar-refractivity contribution in [3.63, 3.8) is 0 Å². The molecule has 0 amide bonds. The second kappa shape index (κ2) is 9.77. The van der Waals surface area contributed by atoms with Crippen LogP contribution >= 0.6 is 0 Å². The largest absolute Gasteiger partial charge is 0.481 e. The van der Waals surface area contributed by atoms with Crippen molar-refractivity contribution in [2.45, 2.75) is 20.3 Å². The number of hydrogen-bond acceptors (Lipinski definition) is 6. The van der Waals surface area contributed by atoms with Crippen molar-refractivity contribution >= 4 is 23.8 Å². The number of aliphatic hydroxyl groups excluding tert-OH is 1. The summed E-state index contributed by atoms with van der Waals surface area (Å²) in [5.41, 5.74) is 8.53. The number of nitrogens with zero attached hydrogens (tertiary/aromatic N) is 3. The predicted molar refractivity (Wildman–Crippen MR) is 107 cm³/mol. The number of rotatable bonds is 9. The summed E-state index contributed by atoms with van der Waals surface area (Å²) >= 11 is 0. The van der Waals surface area contributed by atoms with Crippen LogP contribution in [0.4, 0.5) is 11.6 Å². The number of nitrogen functional groups attached to an aromatic ring is 1. The highest BCUT2D eigenvalue weighted by atomic mass is 16.5. The van der Waals surface area contributed by atoms with Crippen LogP contribution in [-0.4, -0.2) is 41.9 Å². The predicted octanol–water partition coefficient (Wildman–Crippen LogP) is 3.08. The molecule has 1 aromatic heterocycles. The number of hydrogen-bond donors (Lipinski definition) is 2. The first kappa shape index (κ1) is 19.7. The number of nitrogens with two attached hydrogens (primary N) is 1. The number of methoxy groups -OCH3 is 1. The fourth-order valence-electron chi connectivity index (χ4n) is 2.53. The molecule has 0 unspecified atom stereocenters. The van der Waals surface area contributed by atoms with Gasteiger partial charge in [0.1, 0.15) is 0 Å². The molecule has 0 saturated heterocycles. The van der Waals surface area contributed by atoms with E-state index in [-0.39, 0.29) is 12.6 Å². The normalized spacial score (nSPS) is 11.3. The number of aliphatic hydroxyl groups is 1. The fraction of sp³-hybridized carbons (Fsp3) is 0.400. The van der Waals surface area contributed by atoms with Crippen LogP contribution in [-0.2, 0) is 0 Å². The maximum Gasteiger partial charge on any atom is 0.223 e. The van der Waals surface area contributed by atoms with Crippen molar-refractivity contribution in [1.29, 1.82) is 0 Å². The summed E-state index contributed by atoms with van der Waals surface area (Å²) in [6.45, 7) is 6.14. The zero-order chi connectivity index (χ0) is 18.9. The lowest BCUT2D eigenvalue weighted by Crippen LogP contribution is -2.28. The third-order valence-corrected chi connectivity index (χ3v) is 4.00. The Morgan fingerprint density at radius 1 is 1.15 bits per heavy atom. The van der Waals surface area contributed by atoms with Gasteiger partial charge in [0.25, 0.3) is 0 Å². The fourth-order valence-corrected chi connectivity index (χ4v) is 2.53. The van der Waals surface area contributed by atoms with E-state index >= 15 is 0 Å². The maximum atomic E-state index is 9.31. The van der Waals surface area contributed by atoms with Gasteiger partial charge in [-0.3, -0.25) is 0 Å². The summed E-state index contributed by atoms with van der Waals surface area (Å²) in [4.78, 5) is 10.4. The Balaban J connectivity index is 2.09. The minimum Gasteiger partial charge on any atom is -0.481 e. The van der Waals surface area contributed by atoms with E-state index in [0.29, 0.717) is 24.0 Å². The molecule has 0 saturated carbocycles. The van der Waals surface area contributed by atoms with Gasteiger partial charge in [-0.15, -0.1) is 0 Å². The Hall–Kier alpha value is -2.60. The van der Waals surface area contributed by atoms with E-state index in [1.165, 1.54) is 0 Å². The molecule has 0 aliphatic rings. The van der Waals surface area contributed by atoms with E-state index in [2.05, 4.69) is 40.8 Å². The van der Waals surface area contributed by atoms with Crippen LogP contribution in [0.15, 0.2) is 30.3 Å². The van der Waals surface area contributed by atoms with Crippen LogP contribution in [0.2, 0.25) is 0 Å². The molecule has 2 aromatic rings. The lowest BCUT2D eigenvalue weighted by atomic mass is 10.1. The number of anilines is 2. The molecule has 0 spiro atoms. The van der Waals surface area contributed by atoms with Crippen LogP contribution < -0.4 is 15.4 Å². The van der Waals surface area contributed by atoms with Crippen molar-refractivity contribution in [2.24, 2.45) is 5.92 Å². The van der Waals surface area contributed by atoms with Gasteiger partial charge in [0.2, 0.25) is 11.8 Å². The molecule has 0 radical (unpaired) electrons. The summed E-state index contributed by atoms with van der Waals surface area (Å²) in [5.74, 6) is 1.26. The van der Waals surface area contributed by atoms with E-state index in [1.807, 2.05) is 24.3 Å². The lowest BCUT2D eigenvalue weighted by Gasteiger charge is -2.25. The Kier molecular flexibility index (Phi) is 7.41. The van der Waals surface area contributed by atoms with Gasteiger partial charge in [0.05, 0.1) is 19.4 Å². The first-order valence-electron chi connectivity index (χ1n) is 8.84. The van der Waals surface area contributed by atoms with E-state index in [1.54, 1.807) is 13.2 Å². The molecule has 0 aliphatic carbocycles. The van der Waals surface area contributed by atoms with Crippen molar-refractivity contribution in [3.05, 3.63) is 41.6 Å². The van der Waals surface area contributed by atoms with Crippen LogP contribution in [0.5, 0.6) is 5.88 Å². The molecular weight excluding hydrogens is 328 g/mol. The van der Waals surface area contributed by atoms with Gasteiger partial charge in [-0.1, -0.05) is 32.1 Å². The smallest absolute Gasteiger partial charge is 0.223 e. The maximum absolute atomic E-state index is 9.31.